The molecule has 1 aliphatic rings. The molecule has 1 aromatic carbocycles. The number of nitrogen functional groups attached to an aromatic ring is 1. The molecule has 116 valence electrons. The van der Waals surface area contributed by atoms with Crippen molar-refractivity contribution in [3.8, 4) is 0 Å². The van der Waals surface area contributed by atoms with Crippen LogP contribution in [-0.4, -0.2) is 36.3 Å². The van der Waals surface area contributed by atoms with Crippen molar-refractivity contribution in [3.05, 3.63) is 35.7 Å². The van der Waals surface area contributed by atoms with Gasteiger partial charge in [-0.2, -0.15) is 0 Å². The normalized spacial score (nSPS) is 14.9. The van der Waals surface area contributed by atoms with Gasteiger partial charge >= 0.3 is 0 Å². The molecule has 3 rings (SSSR count). The van der Waals surface area contributed by atoms with E-state index in [1.807, 2.05) is 6.07 Å². The minimum Gasteiger partial charge on any atom is -0.393 e. The number of hydrogen-bond acceptors (Lipinski definition) is 6. The van der Waals surface area contributed by atoms with Crippen LogP contribution in [-0.2, 0) is 4.74 Å². The number of nitrogens with zero attached hydrogens (tertiary/aromatic N) is 3. The van der Waals surface area contributed by atoms with E-state index < -0.39 is 0 Å². The first-order valence-corrected chi connectivity index (χ1v) is 7.42. The molecule has 1 aliphatic heterocycles. The summed E-state index contributed by atoms with van der Waals surface area (Å²) in [5.41, 5.74) is 10.3. The van der Waals surface area contributed by atoms with Gasteiger partial charge in [0.1, 0.15) is 12.0 Å². The molecule has 0 saturated carbocycles. The van der Waals surface area contributed by atoms with Gasteiger partial charge in [0.2, 0.25) is 0 Å². The summed E-state index contributed by atoms with van der Waals surface area (Å²) in [6.45, 7) is 7.17. The number of nitrogens with one attached hydrogen (secondary N) is 1. The van der Waals surface area contributed by atoms with Gasteiger partial charge in [-0.25, -0.2) is 9.97 Å². The second-order valence-corrected chi connectivity index (χ2v) is 5.48. The number of ether oxygens (including phenoxy) is 1. The Kier molecular flexibility index (Phi) is 4.11. The van der Waals surface area contributed by atoms with Crippen LogP contribution >= 0.6 is 0 Å². The van der Waals surface area contributed by atoms with Crippen LogP contribution < -0.4 is 16.0 Å². The monoisotopic (exact) mass is 299 g/mol. The van der Waals surface area contributed by atoms with Crippen molar-refractivity contribution in [3.63, 3.8) is 0 Å². The molecule has 6 heteroatoms. The van der Waals surface area contributed by atoms with Crippen molar-refractivity contribution in [1.29, 1.82) is 0 Å². The molecular formula is C16H21N5O. The van der Waals surface area contributed by atoms with E-state index in [1.165, 1.54) is 11.1 Å². The molecule has 0 spiro atoms. The van der Waals surface area contributed by atoms with E-state index in [0.717, 1.165) is 24.6 Å². The topological polar surface area (TPSA) is 76.3 Å². The Morgan fingerprint density at radius 3 is 2.64 bits per heavy atom. The van der Waals surface area contributed by atoms with Crippen molar-refractivity contribution < 1.29 is 4.74 Å². The molecule has 0 aliphatic carbocycles. The van der Waals surface area contributed by atoms with E-state index >= 15 is 0 Å². The number of nitrogens with two attached hydrogens (primary N) is 1. The quantitative estimate of drug-likeness (QED) is 0.905. The van der Waals surface area contributed by atoms with Crippen LogP contribution in [0.1, 0.15) is 11.1 Å². The van der Waals surface area contributed by atoms with E-state index in [9.17, 15) is 0 Å². The smallest absolute Gasteiger partial charge is 0.159 e. The predicted octanol–water partition coefficient (Wildman–Crippen LogP) is 2.26. The average molecular weight is 299 g/mol. The Bertz CT molecular complexity index is 668. The SMILES string of the molecule is Cc1ccc(Nc2ncnc(N3CCOCC3)c2N)cc1C. The third kappa shape index (κ3) is 2.96. The number of aromatic nitrogens is 2. The molecule has 1 fully saturated rings. The first-order valence-electron chi connectivity index (χ1n) is 7.42. The second kappa shape index (κ2) is 6.19. The molecule has 0 bridgehead atoms. The highest BCUT2D eigenvalue weighted by Crippen LogP contribution is 2.29. The third-order valence-electron chi connectivity index (χ3n) is 3.94. The van der Waals surface area contributed by atoms with Gasteiger partial charge in [-0.3, -0.25) is 0 Å². The van der Waals surface area contributed by atoms with Gasteiger partial charge in [0, 0.05) is 18.8 Å². The summed E-state index contributed by atoms with van der Waals surface area (Å²) >= 11 is 0. The fourth-order valence-electron chi connectivity index (χ4n) is 2.47. The van der Waals surface area contributed by atoms with Crippen LogP contribution in [0.25, 0.3) is 0 Å². The minimum absolute atomic E-state index is 0.572. The molecular weight excluding hydrogens is 278 g/mol. The first kappa shape index (κ1) is 14.6. The summed E-state index contributed by atoms with van der Waals surface area (Å²) in [6.07, 6.45) is 1.55. The van der Waals surface area contributed by atoms with Crippen molar-refractivity contribution in [2.45, 2.75) is 13.8 Å². The lowest BCUT2D eigenvalue weighted by Crippen LogP contribution is -2.37. The average Bonchev–Trinajstić information content (AvgIpc) is 2.54. The Morgan fingerprint density at radius 1 is 1.14 bits per heavy atom. The van der Waals surface area contributed by atoms with Crippen molar-refractivity contribution in [2.24, 2.45) is 0 Å². The Balaban J connectivity index is 1.86. The Morgan fingerprint density at radius 2 is 1.91 bits per heavy atom. The lowest BCUT2D eigenvalue weighted by molar-refractivity contribution is 0.122. The van der Waals surface area contributed by atoms with E-state index in [1.54, 1.807) is 6.33 Å². The zero-order chi connectivity index (χ0) is 15.5. The second-order valence-electron chi connectivity index (χ2n) is 5.48. The van der Waals surface area contributed by atoms with Gasteiger partial charge < -0.3 is 20.7 Å². The zero-order valence-electron chi connectivity index (χ0n) is 13.0. The van der Waals surface area contributed by atoms with E-state index in [2.05, 4.69) is 46.2 Å². The summed E-state index contributed by atoms with van der Waals surface area (Å²) in [7, 11) is 0. The van der Waals surface area contributed by atoms with E-state index in [0.29, 0.717) is 24.7 Å². The maximum Gasteiger partial charge on any atom is 0.159 e. The number of benzene rings is 1. The predicted molar refractivity (Wildman–Crippen MR) is 88.7 cm³/mol. The van der Waals surface area contributed by atoms with Crippen molar-refractivity contribution >= 4 is 23.0 Å². The Hall–Kier alpha value is -2.34. The summed E-state index contributed by atoms with van der Waals surface area (Å²) in [5.74, 6) is 1.41. The summed E-state index contributed by atoms with van der Waals surface area (Å²) in [4.78, 5) is 10.7. The number of anilines is 4. The molecule has 1 aromatic heterocycles. The van der Waals surface area contributed by atoms with Gasteiger partial charge in [-0.1, -0.05) is 6.07 Å². The molecule has 3 N–H and O–H groups in total. The Labute approximate surface area is 130 Å². The standard InChI is InChI=1S/C16H21N5O/c1-11-3-4-13(9-12(11)2)20-15-14(17)16(19-10-18-15)21-5-7-22-8-6-21/h3-4,9-10H,5-8,17H2,1-2H3,(H,18,19,20). The highest BCUT2D eigenvalue weighted by atomic mass is 16.5. The highest BCUT2D eigenvalue weighted by Gasteiger charge is 2.17. The van der Waals surface area contributed by atoms with Crippen LogP contribution in [0, 0.1) is 13.8 Å². The van der Waals surface area contributed by atoms with Crippen LogP contribution in [0.3, 0.4) is 0 Å². The molecule has 1 saturated heterocycles. The van der Waals surface area contributed by atoms with Crippen LogP contribution in [0.15, 0.2) is 24.5 Å². The molecule has 6 nitrogen and oxygen atoms in total. The van der Waals surface area contributed by atoms with Gasteiger partial charge in [0.05, 0.1) is 13.2 Å². The molecule has 2 heterocycles. The number of morpholine rings is 1. The van der Waals surface area contributed by atoms with E-state index in [4.69, 9.17) is 10.5 Å². The summed E-state index contributed by atoms with van der Waals surface area (Å²) in [5, 5.41) is 3.29. The summed E-state index contributed by atoms with van der Waals surface area (Å²) < 4.78 is 5.37. The lowest BCUT2D eigenvalue weighted by Gasteiger charge is -2.29. The zero-order valence-corrected chi connectivity index (χ0v) is 13.0. The van der Waals surface area contributed by atoms with Crippen LogP contribution in [0.2, 0.25) is 0 Å². The third-order valence-corrected chi connectivity index (χ3v) is 3.94. The molecule has 22 heavy (non-hydrogen) atoms. The maximum atomic E-state index is 6.26. The van der Waals surface area contributed by atoms with Gasteiger partial charge in [0.15, 0.2) is 11.6 Å². The fraction of sp³-hybridized carbons (Fsp3) is 0.375. The molecule has 2 aromatic rings. The van der Waals surface area contributed by atoms with Crippen molar-refractivity contribution in [2.75, 3.05) is 42.3 Å². The van der Waals surface area contributed by atoms with Crippen molar-refractivity contribution in [1.82, 2.24) is 9.97 Å². The fourth-order valence-corrected chi connectivity index (χ4v) is 2.47. The highest BCUT2D eigenvalue weighted by molar-refractivity contribution is 5.78. The summed E-state index contributed by atoms with van der Waals surface area (Å²) in [6, 6.07) is 6.20. The lowest BCUT2D eigenvalue weighted by atomic mass is 10.1. The molecule has 0 amide bonds. The van der Waals surface area contributed by atoms with E-state index in [-0.39, 0.29) is 0 Å². The number of hydrogen-bond donors (Lipinski definition) is 2. The maximum absolute atomic E-state index is 6.26. The van der Waals surface area contributed by atoms with Gasteiger partial charge in [-0.05, 0) is 37.1 Å². The number of rotatable bonds is 3. The largest absolute Gasteiger partial charge is 0.393 e. The minimum atomic E-state index is 0.572. The first-order chi connectivity index (χ1) is 10.6. The molecule has 0 unspecified atom stereocenters. The van der Waals surface area contributed by atoms with Gasteiger partial charge in [0.25, 0.3) is 0 Å². The number of aryl methyl sites for hydroxylation is 2. The molecule has 0 radical (unpaired) electrons. The molecule has 0 atom stereocenters. The van der Waals surface area contributed by atoms with Crippen LogP contribution in [0.5, 0.6) is 0 Å². The van der Waals surface area contributed by atoms with Crippen LogP contribution in [0.4, 0.5) is 23.0 Å². The van der Waals surface area contributed by atoms with Gasteiger partial charge in [-0.15, -0.1) is 0 Å².